The van der Waals surface area contributed by atoms with E-state index in [-0.39, 0.29) is 28.5 Å². The van der Waals surface area contributed by atoms with E-state index < -0.39 is 16.0 Å². The number of esters is 1. The van der Waals surface area contributed by atoms with Gasteiger partial charge in [0.1, 0.15) is 17.3 Å². The molecule has 3 aromatic rings. The predicted octanol–water partition coefficient (Wildman–Crippen LogP) is 3.99. The van der Waals surface area contributed by atoms with Crippen molar-refractivity contribution >= 4 is 28.0 Å². The Morgan fingerprint density at radius 1 is 1.00 bits per heavy atom. The Kier molecular flexibility index (Phi) is 8.37. The molecule has 204 valence electrons. The highest BCUT2D eigenvalue weighted by Gasteiger charge is 2.37. The van der Waals surface area contributed by atoms with Crippen molar-refractivity contribution in [3.63, 3.8) is 0 Å². The first-order valence-electron chi connectivity index (χ1n) is 12.2. The Morgan fingerprint density at radius 3 is 2.33 bits per heavy atom. The Labute approximate surface area is 227 Å². The molecule has 1 aliphatic heterocycles. The molecule has 1 N–H and O–H groups in total. The zero-order valence-corrected chi connectivity index (χ0v) is 23.0. The van der Waals surface area contributed by atoms with Crippen LogP contribution in [-0.2, 0) is 37.3 Å². The van der Waals surface area contributed by atoms with Gasteiger partial charge in [0.2, 0.25) is 10.0 Å². The number of ether oxygens (including phenoxy) is 2. The Hall–Kier alpha value is -4.15. The van der Waals surface area contributed by atoms with Crippen molar-refractivity contribution in [1.29, 1.82) is 0 Å². The highest BCUT2D eigenvalue weighted by atomic mass is 32.2. The third kappa shape index (κ3) is 6.30. The topological polar surface area (TPSA) is 115 Å². The van der Waals surface area contributed by atoms with Crippen LogP contribution in [0.15, 0.2) is 86.8 Å². The Bertz CT molecular complexity index is 1530. The maximum Gasteiger partial charge on any atom is 0.340 e. The molecule has 1 aliphatic rings. The molecule has 1 amide bonds. The van der Waals surface area contributed by atoms with E-state index >= 15 is 0 Å². The molecule has 39 heavy (non-hydrogen) atoms. The summed E-state index contributed by atoms with van der Waals surface area (Å²) >= 11 is 0. The molecule has 0 saturated carbocycles. The molecule has 0 saturated heterocycles. The van der Waals surface area contributed by atoms with E-state index in [0.717, 1.165) is 16.9 Å². The lowest BCUT2D eigenvalue weighted by molar-refractivity contribution is -0.136. The van der Waals surface area contributed by atoms with Crippen LogP contribution in [-0.4, -0.2) is 46.0 Å². The van der Waals surface area contributed by atoms with Gasteiger partial charge in [-0.2, -0.15) is 0 Å². The second kappa shape index (κ2) is 11.7. The number of furan rings is 1. The minimum absolute atomic E-state index is 0.0833. The van der Waals surface area contributed by atoms with Crippen molar-refractivity contribution in [1.82, 2.24) is 9.62 Å². The number of benzene rings is 2. The summed E-state index contributed by atoms with van der Waals surface area (Å²) in [4.78, 5) is 27.7. The third-order valence-corrected chi connectivity index (χ3v) is 7.84. The number of aryl methyl sites for hydroxylation is 1. The van der Waals surface area contributed by atoms with E-state index in [9.17, 15) is 18.0 Å². The number of amides is 1. The summed E-state index contributed by atoms with van der Waals surface area (Å²) in [6, 6.07) is 17.3. The summed E-state index contributed by atoms with van der Waals surface area (Å²) in [6.07, 6.45) is 2.05. The zero-order chi connectivity index (χ0) is 28.2. The fourth-order valence-electron chi connectivity index (χ4n) is 4.21. The number of sulfonamides is 1. The van der Waals surface area contributed by atoms with E-state index in [1.54, 1.807) is 43.2 Å². The number of rotatable bonds is 10. The van der Waals surface area contributed by atoms with Gasteiger partial charge in [-0.25, -0.2) is 17.9 Å². The van der Waals surface area contributed by atoms with Gasteiger partial charge < -0.3 is 18.8 Å². The first-order valence-corrected chi connectivity index (χ1v) is 13.7. The van der Waals surface area contributed by atoms with Crippen molar-refractivity contribution in [3.8, 4) is 5.75 Å². The zero-order valence-electron chi connectivity index (χ0n) is 22.2. The van der Waals surface area contributed by atoms with Crippen molar-refractivity contribution < 1.29 is 31.9 Å². The average Bonchev–Trinajstić information content (AvgIpc) is 3.48. The molecule has 0 unspecified atom stereocenters. The normalized spacial score (nSPS) is 14.8. The largest absolute Gasteiger partial charge is 0.497 e. The number of nitrogens with zero attached hydrogens (tertiary/aromatic N) is 1. The summed E-state index contributed by atoms with van der Waals surface area (Å²) in [5, 5.41) is 0. The minimum Gasteiger partial charge on any atom is -0.497 e. The average molecular weight is 551 g/mol. The van der Waals surface area contributed by atoms with Crippen molar-refractivity contribution in [2.45, 2.75) is 31.7 Å². The van der Waals surface area contributed by atoms with Crippen LogP contribution in [0, 0.1) is 6.92 Å². The molecule has 0 radical (unpaired) electrons. The summed E-state index contributed by atoms with van der Waals surface area (Å²) in [5.74, 6) is 0.413. The fourth-order valence-corrected chi connectivity index (χ4v) is 5.20. The molecule has 1 aromatic heterocycles. The monoisotopic (exact) mass is 550 g/mol. The lowest BCUT2D eigenvalue weighted by atomic mass is 10.1. The number of carbonyl (C=O) groups is 2. The van der Waals surface area contributed by atoms with Gasteiger partial charge in [0.25, 0.3) is 5.91 Å². The molecule has 2 aromatic carbocycles. The van der Waals surface area contributed by atoms with Crippen LogP contribution in [0.1, 0.15) is 29.6 Å². The lowest BCUT2D eigenvalue weighted by Gasteiger charge is -2.17. The number of carbonyl (C=O) groups excluding carboxylic acids is 2. The predicted molar refractivity (Wildman–Crippen MR) is 145 cm³/mol. The van der Waals surface area contributed by atoms with Crippen LogP contribution in [0.3, 0.4) is 0 Å². The molecule has 0 atom stereocenters. The number of hydrogen-bond donors (Lipinski definition) is 1. The van der Waals surface area contributed by atoms with Gasteiger partial charge in [-0.3, -0.25) is 4.79 Å². The van der Waals surface area contributed by atoms with Crippen LogP contribution >= 0.6 is 0 Å². The molecule has 2 heterocycles. The first-order chi connectivity index (χ1) is 18.6. The number of allylic oxidation sites excluding steroid dienone is 1. The minimum atomic E-state index is -3.73. The highest BCUT2D eigenvalue weighted by Crippen LogP contribution is 2.32. The SMILES string of the molecule is COC(=O)C1=C(C)N(CCc2ccc(OC)cc2)C(=O)/C1=C\c1ccc(CNS(=O)(=O)c2ccc(C)cc2)o1. The molecule has 0 fully saturated rings. The molecular weight excluding hydrogens is 520 g/mol. The lowest BCUT2D eigenvalue weighted by Crippen LogP contribution is -2.27. The number of nitrogens with one attached hydrogen (secondary N) is 1. The van der Waals surface area contributed by atoms with E-state index in [1.807, 2.05) is 31.2 Å². The maximum absolute atomic E-state index is 13.4. The molecule has 0 bridgehead atoms. The van der Waals surface area contributed by atoms with Crippen LogP contribution in [0.4, 0.5) is 0 Å². The summed E-state index contributed by atoms with van der Waals surface area (Å²) in [7, 11) is -0.873. The smallest absolute Gasteiger partial charge is 0.340 e. The Balaban J connectivity index is 1.50. The number of methoxy groups -OCH3 is 2. The molecule has 0 aliphatic carbocycles. The summed E-state index contributed by atoms with van der Waals surface area (Å²) in [6.45, 7) is 3.85. The van der Waals surface area contributed by atoms with Gasteiger partial charge in [-0.15, -0.1) is 0 Å². The van der Waals surface area contributed by atoms with Crippen molar-refractivity contribution in [3.05, 3.63) is 100 Å². The van der Waals surface area contributed by atoms with E-state index in [4.69, 9.17) is 13.9 Å². The number of hydrogen-bond acceptors (Lipinski definition) is 7. The van der Waals surface area contributed by atoms with Crippen molar-refractivity contribution in [2.24, 2.45) is 0 Å². The third-order valence-electron chi connectivity index (χ3n) is 6.42. The quantitative estimate of drug-likeness (QED) is 0.300. The summed E-state index contributed by atoms with van der Waals surface area (Å²) < 4.78 is 43.6. The molecule has 0 spiro atoms. The summed E-state index contributed by atoms with van der Waals surface area (Å²) in [5.41, 5.74) is 2.76. The van der Waals surface area contributed by atoms with Gasteiger partial charge >= 0.3 is 5.97 Å². The second-order valence-corrected chi connectivity index (χ2v) is 10.8. The highest BCUT2D eigenvalue weighted by molar-refractivity contribution is 7.89. The van der Waals surface area contributed by atoms with Gasteiger partial charge in [0.05, 0.1) is 36.8 Å². The van der Waals surface area contributed by atoms with Crippen LogP contribution < -0.4 is 9.46 Å². The fraction of sp³-hybridized carbons (Fsp3) is 0.241. The second-order valence-electron chi connectivity index (χ2n) is 9.01. The molecule has 4 rings (SSSR count). The van der Waals surface area contributed by atoms with Gasteiger partial charge in [-0.05, 0) is 68.3 Å². The van der Waals surface area contributed by atoms with Crippen molar-refractivity contribution in [2.75, 3.05) is 20.8 Å². The van der Waals surface area contributed by atoms with E-state index in [0.29, 0.717) is 30.2 Å². The van der Waals surface area contributed by atoms with Crippen LogP contribution in [0.5, 0.6) is 5.75 Å². The van der Waals surface area contributed by atoms with Gasteiger partial charge in [-0.1, -0.05) is 29.8 Å². The standard InChI is InChI=1S/C29H30N2O7S/c1-19-5-13-25(14-6-19)39(34,35)30-18-24-12-11-23(38-24)17-26-27(29(33)37-4)20(2)31(28(26)32)16-15-21-7-9-22(36-3)10-8-21/h5-14,17,30H,15-16,18H2,1-4H3/b26-17-. The van der Waals surface area contributed by atoms with E-state index in [2.05, 4.69) is 4.72 Å². The van der Waals surface area contributed by atoms with Crippen LogP contribution in [0.25, 0.3) is 6.08 Å². The van der Waals surface area contributed by atoms with Gasteiger partial charge in [0.15, 0.2) is 0 Å². The Morgan fingerprint density at radius 2 is 1.69 bits per heavy atom. The maximum atomic E-state index is 13.4. The molecular formula is C29H30N2O7S. The molecule has 10 heteroatoms. The van der Waals surface area contributed by atoms with Crippen LogP contribution in [0.2, 0.25) is 0 Å². The molecule has 9 nitrogen and oxygen atoms in total. The van der Waals surface area contributed by atoms with E-state index in [1.165, 1.54) is 25.3 Å². The van der Waals surface area contributed by atoms with Gasteiger partial charge in [0, 0.05) is 12.2 Å². The first kappa shape index (κ1) is 27.9.